The molecular formula is C17H19F3N3O4S+. The summed E-state index contributed by atoms with van der Waals surface area (Å²) < 4.78 is 64.3. The number of nitrogens with zero attached hydrogens (tertiary/aromatic N) is 3. The predicted molar refractivity (Wildman–Crippen MR) is 92.7 cm³/mol. The van der Waals surface area contributed by atoms with Crippen molar-refractivity contribution in [2.45, 2.75) is 36.7 Å². The van der Waals surface area contributed by atoms with Gasteiger partial charge in [-0.3, -0.25) is 4.79 Å². The lowest BCUT2D eigenvalue weighted by Gasteiger charge is -2.34. The van der Waals surface area contributed by atoms with Crippen LogP contribution in [0.2, 0.25) is 0 Å². The van der Waals surface area contributed by atoms with Gasteiger partial charge in [-0.05, 0) is 32.0 Å². The van der Waals surface area contributed by atoms with Crippen LogP contribution in [0, 0.1) is 0 Å². The van der Waals surface area contributed by atoms with E-state index in [1.165, 1.54) is 19.9 Å². The first-order chi connectivity index (χ1) is 12.9. The van der Waals surface area contributed by atoms with Gasteiger partial charge in [0.05, 0.1) is 29.6 Å². The Labute approximate surface area is 159 Å². The number of quaternary nitrogens is 1. The van der Waals surface area contributed by atoms with Crippen molar-refractivity contribution >= 4 is 27.5 Å². The summed E-state index contributed by atoms with van der Waals surface area (Å²) in [6.45, 7) is 3.44. The molecule has 1 aromatic carbocycles. The predicted octanol–water partition coefficient (Wildman–Crippen LogP) is 1.79. The Kier molecular flexibility index (Phi) is 3.99. The molecular weight excluding hydrogens is 399 g/mol. The van der Waals surface area contributed by atoms with Crippen LogP contribution >= 0.6 is 0 Å². The van der Waals surface area contributed by atoms with Gasteiger partial charge in [0.1, 0.15) is 6.67 Å². The first-order valence-electron chi connectivity index (χ1n) is 8.79. The Balaban J connectivity index is 1.80. The summed E-state index contributed by atoms with van der Waals surface area (Å²) in [6.07, 6.45) is -4.63. The van der Waals surface area contributed by atoms with Crippen molar-refractivity contribution in [1.82, 2.24) is 4.90 Å². The van der Waals surface area contributed by atoms with Crippen molar-refractivity contribution in [2.24, 2.45) is 0 Å². The lowest BCUT2D eigenvalue weighted by atomic mass is 10.1. The molecule has 0 radical (unpaired) electrons. The number of rotatable bonds is 3. The fourth-order valence-electron chi connectivity index (χ4n) is 4.43. The molecule has 0 N–H and O–H groups in total. The van der Waals surface area contributed by atoms with Crippen molar-refractivity contribution in [3.8, 4) is 0 Å². The Hall–Kier alpha value is -1.98. The second-order valence-electron chi connectivity index (χ2n) is 7.72. The van der Waals surface area contributed by atoms with Crippen molar-refractivity contribution in [3.05, 3.63) is 29.8 Å². The number of fused-ring (bicyclic) bond motifs is 1. The van der Waals surface area contributed by atoms with Crippen molar-refractivity contribution < 1.29 is 35.7 Å². The molecule has 3 heterocycles. The van der Waals surface area contributed by atoms with Gasteiger partial charge in [-0.1, -0.05) is 6.07 Å². The molecule has 3 aliphatic heterocycles. The van der Waals surface area contributed by atoms with Gasteiger partial charge in [-0.25, -0.2) is 18.1 Å². The minimum atomic E-state index is -4.63. The van der Waals surface area contributed by atoms with Crippen LogP contribution in [-0.2, 0) is 20.8 Å². The summed E-state index contributed by atoms with van der Waals surface area (Å²) >= 11 is 0. The highest BCUT2D eigenvalue weighted by atomic mass is 32.2. The van der Waals surface area contributed by atoms with E-state index in [9.17, 15) is 31.2 Å². The molecule has 3 amide bonds. The van der Waals surface area contributed by atoms with E-state index in [2.05, 4.69) is 0 Å². The number of benzene rings is 1. The van der Waals surface area contributed by atoms with E-state index >= 15 is 0 Å². The summed E-state index contributed by atoms with van der Waals surface area (Å²) in [4.78, 5) is 28.8. The third kappa shape index (κ3) is 2.39. The average Bonchev–Trinajstić information content (AvgIpc) is 3.23. The molecule has 0 aliphatic carbocycles. The van der Waals surface area contributed by atoms with Crippen LogP contribution in [0.3, 0.4) is 0 Å². The molecule has 0 saturated carbocycles. The van der Waals surface area contributed by atoms with Crippen LogP contribution in [-0.4, -0.2) is 66.2 Å². The minimum absolute atomic E-state index is 0.0708. The van der Waals surface area contributed by atoms with E-state index in [1.54, 1.807) is 4.90 Å². The van der Waals surface area contributed by atoms with Crippen LogP contribution in [0.25, 0.3) is 0 Å². The third-order valence-electron chi connectivity index (χ3n) is 5.87. The zero-order chi connectivity index (χ0) is 20.6. The third-order valence-corrected chi connectivity index (χ3v) is 8.47. The maximum Gasteiger partial charge on any atom is 0.433 e. The molecule has 1 aromatic rings. The fraction of sp³-hybridized carbons (Fsp3) is 0.529. The molecule has 4 rings (SSSR count). The first-order valence-corrected chi connectivity index (χ1v) is 10.4. The van der Waals surface area contributed by atoms with Gasteiger partial charge in [-0.15, -0.1) is 0 Å². The van der Waals surface area contributed by atoms with E-state index in [4.69, 9.17) is 0 Å². The fourth-order valence-corrected chi connectivity index (χ4v) is 6.30. The molecule has 7 nitrogen and oxygen atoms in total. The Morgan fingerprint density at radius 1 is 1.18 bits per heavy atom. The highest BCUT2D eigenvalue weighted by molar-refractivity contribution is 7.92. The van der Waals surface area contributed by atoms with E-state index in [-0.39, 0.29) is 25.4 Å². The summed E-state index contributed by atoms with van der Waals surface area (Å²) in [7, 11) is -3.71. The Morgan fingerprint density at radius 2 is 1.86 bits per heavy atom. The van der Waals surface area contributed by atoms with Crippen LogP contribution in [0.1, 0.15) is 19.4 Å². The maximum absolute atomic E-state index is 13.3. The SMILES string of the molecule is CC(C)S(=O)(=O)C1C[N@]2CC3C(=O)N(c4cccc(C(F)(F)F)c4)C(=O)[N+]31C2. The molecule has 11 heteroatoms. The lowest BCUT2D eigenvalue weighted by Crippen LogP contribution is -2.63. The van der Waals surface area contributed by atoms with Crippen LogP contribution in [0.15, 0.2) is 24.3 Å². The number of amides is 3. The molecule has 3 saturated heterocycles. The van der Waals surface area contributed by atoms with Gasteiger partial charge in [0.25, 0.3) is 5.91 Å². The first kappa shape index (κ1) is 19.3. The average molecular weight is 418 g/mol. The molecule has 4 atom stereocenters. The standard InChI is InChI=1S/C17H19F3N3O4S/c1-10(2)28(26,27)14-8-21-7-13-15(24)22(16(25)23(13,14)9-21)12-5-3-4-11(6-12)17(18,19)20/h3-6,10,13-14H,7-9H2,1-2H3/q+1. The number of carbonyl (C=O) groups is 2. The van der Waals surface area contributed by atoms with Crippen molar-refractivity contribution in [3.63, 3.8) is 0 Å². The quantitative estimate of drug-likeness (QED) is 0.553. The summed E-state index contributed by atoms with van der Waals surface area (Å²) in [5, 5.41) is -1.84. The van der Waals surface area contributed by atoms with Gasteiger partial charge >= 0.3 is 12.2 Å². The molecule has 2 bridgehead atoms. The van der Waals surface area contributed by atoms with Crippen LogP contribution in [0.4, 0.5) is 23.7 Å². The number of halogens is 3. The molecule has 152 valence electrons. The number of carbonyl (C=O) groups excluding carboxylic acids is 2. The number of hydrogen-bond donors (Lipinski definition) is 0. The summed E-state index contributed by atoms with van der Waals surface area (Å²) in [6, 6.07) is 2.28. The van der Waals surface area contributed by atoms with E-state index in [0.29, 0.717) is 0 Å². The number of sulfone groups is 1. The Morgan fingerprint density at radius 3 is 2.46 bits per heavy atom. The summed E-state index contributed by atoms with van der Waals surface area (Å²) in [5.41, 5.74) is -1.17. The summed E-state index contributed by atoms with van der Waals surface area (Å²) in [5.74, 6) is -0.657. The molecule has 3 unspecified atom stereocenters. The second kappa shape index (κ2) is 5.77. The number of urea groups is 1. The van der Waals surface area contributed by atoms with Gasteiger partial charge < -0.3 is 0 Å². The molecule has 0 aromatic heterocycles. The second-order valence-corrected chi connectivity index (χ2v) is 10.4. The zero-order valence-corrected chi connectivity index (χ0v) is 16.0. The van der Waals surface area contributed by atoms with Gasteiger partial charge in [0.15, 0.2) is 6.04 Å². The largest absolute Gasteiger partial charge is 0.433 e. The maximum atomic E-state index is 13.3. The van der Waals surface area contributed by atoms with Crippen molar-refractivity contribution in [1.29, 1.82) is 0 Å². The topological polar surface area (TPSA) is 74.8 Å². The smallest absolute Gasteiger partial charge is 0.267 e. The van der Waals surface area contributed by atoms with E-state index in [0.717, 1.165) is 23.1 Å². The van der Waals surface area contributed by atoms with Gasteiger partial charge in [-0.2, -0.15) is 22.6 Å². The highest BCUT2D eigenvalue weighted by Crippen LogP contribution is 2.46. The Bertz CT molecular complexity index is 978. The molecule has 3 fully saturated rings. The van der Waals surface area contributed by atoms with E-state index in [1.807, 2.05) is 0 Å². The number of hydrogen-bond acceptors (Lipinski definition) is 5. The molecule has 1 spiro atoms. The normalized spacial score (nSPS) is 32.5. The number of anilines is 1. The minimum Gasteiger partial charge on any atom is -0.267 e. The molecule has 3 aliphatic rings. The number of piperazine rings is 1. The number of imide groups is 1. The van der Waals surface area contributed by atoms with E-state index < -0.39 is 54.7 Å². The van der Waals surface area contributed by atoms with Crippen LogP contribution in [0.5, 0.6) is 0 Å². The molecule has 28 heavy (non-hydrogen) atoms. The van der Waals surface area contributed by atoms with Gasteiger partial charge in [0, 0.05) is 0 Å². The van der Waals surface area contributed by atoms with Gasteiger partial charge in [0.2, 0.25) is 15.2 Å². The van der Waals surface area contributed by atoms with Crippen LogP contribution < -0.4 is 4.90 Å². The highest BCUT2D eigenvalue weighted by Gasteiger charge is 2.74. The van der Waals surface area contributed by atoms with Crippen molar-refractivity contribution in [2.75, 3.05) is 24.7 Å². The zero-order valence-electron chi connectivity index (χ0n) is 15.2. The monoisotopic (exact) mass is 418 g/mol. The lowest BCUT2D eigenvalue weighted by molar-refractivity contribution is -0.848. The number of alkyl halides is 3.